The summed E-state index contributed by atoms with van der Waals surface area (Å²) in [4.78, 5) is 54.3. The van der Waals surface area contributed by atoms with Crippen molar-refractivity contribution in [1.82, 2.24) is 30.0 Å². The number of carbonyl (C=O) groups is 4. The Morgan fingerprint density at radius 1 is 1.09 bits per heavy atom. The van der Waals surface area contributed by atoms with Crippen LogP contribution in [0, 0.1) is 11.6 Å². The second kappa shape index (κ2) is 15.0. The average molecular weight is 664 g/mol. The molecule has 2 aliphatic rings. The summed E-state index contributed by atoms with van der Waals surface area (Å²) in [6, 6.07) is 6.41. The molecule has 2 atom stereocenters. The molecule has 46 heavy (non-hydrogen) atoms. The van der Waals surface area contributed by atoms with Crippen molar-refractivity contribution in [1.29, 1.82) is 0 Å². The number of hydrogen-bond acceptors (Lipinski definition) is 8. The lowest BCUT2D eigenvalue weighted by Gasteiger charge is -2.35. The number of urea groups is 1. The molecule has 2 saturated heterocycles. The molecule has 0 spiro atoms. The number of methoxy groups -OCH3 is 1. The van der Waals surface area contributed by atoms with Gasteiger partial charge in [0.2, 0.25) is 5.82 Å². The number of β-amino-alcohol motifs (C(OH)–C–C–N with tert-alkyl or cyclic N) is 1. The molecule has 14 nitrogen and oxygen atoms in total. The van der Waals surface area contributed by atoms with Crippen LogP contribution in [0.5, 0.6) is 5.75 Å². The summed E-state index contributed by atoms with van der Waals surface area (Å²) in [5.74, 6) is -3.55. The summed E-state index contributed by atoms with van der Waals surface area (Å²) in [6.45, 7) is 1.90. The first-order chi connectivity index (χ1) is 22.0. The van der Waals surface area contributed by atoms with Gasteiger partial charge in [-0.2, -0.15) is 4.39 Å². The van der Waals surface area contributed by atoms with E-state index in [-0.39, 0.29) is 57.9 Å². The number of anilines is 1. The Morgan fingerprint density at radius 3 is 2.37 bits per heavy atom. The fourth-order valence-corrected chi connectivity index (χ4v) is 5.32. The van der Waals surface area contributed by atoms with Gasteiger partial charge in [-0.15, -0.1) is 0 Å². The van der Waals surface area contributed by atoms with Gasteiger partial charge in [0.1, 0.15) is 0 Å². The number of halogens is 3. The zero-order valence-corrected chi connectivity index (χ0v) is 25.6. The average Bonchev–Trinajstić information content (AvgIpc) is 3.63. The van der Waals surface area contributed by atoms with Crippen LogP contribution in [0.3, 0.4) is 0 Å². The summed E-state index contributed by atoms with van der Waals surface area (Å²) in [7, 11) is 2.72. The Bertz CT molecular complexity index is 1610. The predicted octanol–water partition coefficient (Wildman–Crippen LogP) is 1.78. The first-order valence-corrected chi connectivity index (χ1v) is 14.3. The van der Waals surface area contributed by atoms with Gasteiger partial charge in [0.05, 0.1) is 41.7 Å². The van der Waals surface area contributed by atoms with Crippen LogP contribution in [0.2, 0.25) is 5.02 Å². The number of carboxylic acid groups (broad SMARTS) is 1. The minimum Gasteiger partial charge on any atom is -0.494 e. The van der Waals surface area contributed by atoms with Gasteiger partial charge >= 0.3 is 6.03 Å². The maximum atomic E-state index is 14.6. The van der Waals surface area contributed by atoms with E-state index in [2.05, 4.69) is 20.9 Å². The molecule has 0 saturated carbocycles. The van der Waals surface area contributed by atoms with Crippen LogP contribution in [0.1, 0.15) is 21.0 Å². The van der Waals surface area contributed by atoms with E-state index in [0.29, 0.717) is 45.0 Å². The maximum absolute atomic E-state index is 14.6. The van der Waals surface area contributed by atoms with E-state index in [0.717, 1.165) is 0 Å². The van der Waals surface area contributed by atoms with Crippen LogP contribution < -0.4 is 20.7 Å². The second-order valence-electron chi connectivity index (χ2n) is 10.3. The topological polar surface area (TPSA) is 178 Å². The number of aliphatic hydroxyl groups excluding tert-OH is 1. The fourth-order valence-electron chi connectivity index (χ4n) is 5.06. The molecule has 5 N–H and O–H groups in total. The highest BCUT2D eigenvalue weighted by Crippen LogP contribution is 2.30. The number of hydrogen-bond donors (Lipinski definition) is 5. The largest absolute Gasteiger partial charge is 0.494 e. The first-order valence-electron chi connectivity index (χ1n) is 14.0. The second-order valence-corrected chi connectivity index (χ2v) is 10.7. The number of imidazole rings is 1. The van der Waals surface area contributed by atoms with E-state index < -0.39 is 23.6 Å². The lowest BCUT2D eigenvalue weighted by atomic mass is 10.1. The van der Waals surface area contributed by atoms with E-state index in [1.54, 1.807) is 9.80 Å². The van der Waals surface area contributed by atoms with Gasteiger partial charge in [-0.25, -0.2) is 14.2 Å². The van der Waals surface area contributed by atoms with Crippen LogP contribution in [-0.2, 0) is 11.8 Å². The molecule has 4 amide bonds. The summed E-state index contributed by atoms with van der Waals surface area (Å²) in [5.41, 5.74) is 0.607. The number of rotatable bonds is 6. The molecule has 0 radical (unpaired) electrons. The smallest absolute Gasteiger partial charge is 0.317 e. The van der Waals surface area contributed by atoms with Gasteiger partial charge in [-0.05, 0) is 30.3 Å². The van der Waals surface area contributed by atoms with E-state index in [1.165, 1.54) is 55.3 Å². The van der Waals surface area contributed by atoms with Crippen molar-refractivity contribution in [3.63, 3.8) is 0 Å². The van der Waals surface area contributed by atoms with Crippen molar-refractivity contribution in [3.05, 3.63) is 64.6 Å². The van der Waals surface area contributed by atoms with E-state index >= 15 is 0 Å². The molecule has 2 aliphatic heterocycles. The molecule has 2 fully saturated rings. The lowest BCUT2D eigenvalue weighted by molar-refractivity contribution is -0.122. The van der Waals surface area contributed by atoms with Gasteiger partial charge in [0.15, 0.2) is 17.4 Å². The molecule has 3 aromatic rings. The molecule has 2 aromatic carbocycles. The third-order valence-corrected chi connectivity index (χ3v) is 7.85. The standard InChI is InChI=1S/C28H30ClF2N7O5.CH2O2/c1-36-20(17-5-6-22(43-2)24(31)23(17)30)13-33-25(36)26(40)34-15-3-4-16(18(29)11-15)27(41)37-7-9-38(10-8-37)28(42)35-19-12-32-14-21(19)39;2-1-3/h3-6,11,13,19,21,32,39H,7-10,12,14H2,1-2H3,(H,34,40)(H,35,42);1H,(H,2,3)/t19-,21-;/m0./s1. The zero-order valence-electron chi connectivity index (χ0n) is 24.8. The van der Waals surface area contributed by atoms with Crippen molar-refractivity contribution in [2.75, 3.05) is 51.7 Å². The van der Waals surface area contributed by atoms with E-state index in [4.69, 9.17) is 26.2 Å². The number of carbonyl (C=O) groups excluding carboxylic acids is 3. The molecular weight excluding hydrogens is 632 g/mol. The molecule has 3 heterocycles. The first kappa shape index (κ1) is 34.1. The van der Waals surface area contributed by atoms with Crippen molar-refractivity contribution in [2.45, 2.75) is 12.1 Å². The Balaban J connectivity index is 0.00000154. The van der Waals surface area contributed by atoms with Gasteiger partial charge in [0, 0.05) is 57.6 Å². The summed E-state index contributed by atoms with van der Waals surface area (Å²) in [6.07, 6.45) is 0.616. The van der Waals surface area contributed by atoms with Crippen molar-refractivity contribution < 1.29 is 42.9 Å². The lowest BCUT2D eigenvalue weighted by Crippen LogP contribution is -2.56. The molecule has 0 unspecified atom stereocenters. The molecule has 5 rings (SSSR count). The highest BCUT2D eigenvalue weighted by molar-refractivity contribution is 6.34. The zero-order chi connectivity index (χ0) is 33.5. The van der Waals surface area contributed by atoms with Gasteiger partial charge in [0.25, 0.3) is 18.3 Å². The Hall–Kier alpha value is -4.80. The quantitative estimate of drug-likeness (QED) is 0.246. The van der Waals surface area contributed by atoms with Crippen LogP contribution in [0.4, 0.5) is 19.3 Å². The van der Waals surface area contributed by atoms with Crippen molar-refractivity contribution in [2.24, 2.45) is 7.05 Å². The van der Waals surface area contributed by atoms with Crippen LogP contribution in [0.25, 0.3) is 11.3 Å². The SMILES string of the molecule is COc1ccc(-c2cnc(C(=O)Nc3ccc(C(=O)N4CCN(C(=O)N[C@H]5CNC[C@@H]5O)CC4)c(Cl)c3)n2C)c(F)c1F.O=CO. The summed E-state index contributed by atoms with van der Waals surface area (Å²) >= 11 is 6.42. The number of piperazine rings is 1. The highest BCUT2D eigenvalue weighted by Gasteiger charge is 2.31. The van der Waals surface area contributed by atoms with Crippen LogP contribution in [-0.4, -0.2) is 112 Å². The minimum absolute atomic E-state index is 0.0671. The van der Waals surface area contributed by atoms with Gasteiger partial charge in [-0.1, -0.05) is 11.6 Å². The number of nitrogens with one attached hydrogen (secondary N) is 3. The van der Waals surface area contributed by atoms with Gasteiger partial charge < -0.3 is 45.3 Å². The molecule has 0 aliphatic carbocycles. The molecule has 17 heteroatoms. The van der Waals surface area contributed by atoms with Crippen molar-refractivity contribution >= 4 is 41.6 Å². The number of aromatic nitrogens is 2. The van der Waals surface area contributed by atoms with E-state index in [1.807, 2.05) is 0 Å². The predicted molar refractivity (Wildman–Crippen MR) is 162 cm³/mol. The number of nitrogens with zero attached hydrogens (tertiary/aromatic N) is 4. The minimum atomic E-state index is -1.15. The normalized spacial score (nSPS) is 17.5. The molecule has 0 bridgehead atoms. The third-order valence-electron chi connectivity index (χ3n) is 7.54. The van der Waals surface area contributed by atoms with Crippen molar-refractivity contribution in [3.8, 4) is 17.0 Å². The maximum Gasteiger partial charge on any atom is 0.317 e. The summed E-state index contributed by atoms with van der Waals surface area (Å²) < 4.78 is 35.0. The number of aliphatic hydroxyl groups is 1. The molecule has 246 valence electrons. The molecular formula is C29H32ClF2N7O7. The number of ether oxygens (including phenoxy) is 1. The van der Waals surface area contributed by atoms with Crippen LogP contribution >= 0.6 is 11.6 Å². The van der Waals surface area contributed by atoms with Crippen LogP contribution in [0.15, 0.2) is 36.5 Å². The Morgan fingerprint density at radius 2 is 1.76 bits per heavy atom. The number of benzene rings is 2. The van der Waals surface area contributed by atoms with E-state index in [9.17, 15) is 28.3 Å². The highest BCUT2D eigenvalue weighted by atomic mass is 35.5. The molecule has 1 aromatic heterocycles. The Kier molecular flexibility index (Phi) is 11.1. The van der Waals surface area contributed by atoms with Gasteiger partial charge in [-0.3, -0.25) is 14.4 Å². The monoisotopic (exact) mass is 663 g/mol. The fraction of sp³-hybridized carbons (Fsp3) is 0.345. The third kappa shape index (κ3) is 7.35. The summed E-state index contributed by atoms with van der Waals surface area (Å²) in [5, 5.41) is 25.4. The number of amides is 4. The Labute approximate surface area is 266 Å².